The zero-order valence-electron chi connectivity index (χ0n) is 15.2. The maximum Gasteiger partial charge on any atom is 0.252 e. The molecular formula is C21H18FN3O3S. The number of nitrogen functional groups attached to an aromatic ring is 1. The topological polar surface area (TPSA) is 129 Å². The molecule has 3 rings (SSSR count). The number of hydrogen-bond donors (Lipinski definition) is 3. The van der Waals surface area contributed by atoms with Crippen molar-refractivity contribution in [3.8, 4) is 11.1 Å². The first-order chi connectivity index (χ1) is 13.6. The number of hydrogen-bond acceptors (Lipinski definition) is 4. The van der Waals surface area contributed by atoms with Crippen LogP contribution < -0.4 is 16.6 Å². The van der Waals surface area contributed by atoms with Crippen LogP contribution in [0, 0.1) is 5.82 Å². The summed E-state index contributed by atoms with van der Waals surface area (Å²) in [4.78, 5) is 11.6. The lowest BCUT2D eigenvalue weighted by atomic mass is 9.91. The van der Waals surface area contributed by atoms with Gasteiger partial charge in [0, 0.05) is 11.1 Å². The van der Waals surface area contributed by atoms with Gasteiger partial charge in [0.2, 0.25) is 10.0 Å². The van der Waals surface area contributed by atoms with Gasteiger partial charge in [-0.1, -0.05) is 49.0 Å². The van der Waals surface area contributed by atoms with Gasteiger partial charge < -0.3 is 11.5 Å². The highest BCUT2D eigenvalue weighted by atomic mass is 32.2. The zero-order chi connectivity index (χ0) is 21.3. The van der Waals surface area contributed by atoms with Gasteiger partial charge in [-0.3, -0.25) is 4.79 Å². The van der Waals surface area contributed by atoms with E-state index in [4.69, 9.17) is 16.6 Å². The second-order valence-corrected chi connectivity index (χ2v) is 7.85. The Bertz CT molecular complexity index is 1240. The highest BCUT2D eigenvalue weighted by Crippen LogP contribution is 2.39. The minimum Gasteiger partial charge on any atom is -0.398 e. The number of carbonyl (C=O) groups is 1. The number of primary amides is 1. The second kappa shape index (κ2) is 7.50. The minimum absolute atomic E-state index is 0.0138. The molecule has 0 aliphatic heterocycles. The fourth-order valence-corrected chi connectivity index (χ4v) is 4.12. The number of benzene rings is 3. The molecule has 0 bridgehead atoms. The summed E-state index contributed by atoms with van der Waals surface area (Å²) in [5, 5.41) is 5.39. The average molecular weight is 411 g/mol. The van der Waals surface area contributed by atoms with Crippen LogP contribution in [0.5, 0.6) is 0 Å². The molecule has 148 valence electrons. The summed E-state index contributed by atoms with van der Waals surface area (Å²) in [6.07, 6.45) is 0. The van der Waals surface area contributed by atoms with Gasteiger partial charge in [0.25, 0.3) is 5.91 Å². The molecule has 6 N–H and O–H groups in total. The van der Waals surface area contributed by atoms with Gasteiger partial charge in [0.15, 0.2) is 0 Å². The van der Waals surface area contributed by atoms with Crippen LogP contribution in [0.15, 0.2) is 72.1 Å². The number of halogens is 1. The normalized spacial score (nSPS) is 11.2. The molecular weight excluding hydrogens is 393 g/mol. The summed E-state index contributed by atoms with van der Waals surface area (Å²) in [5.74, 6) is -1.59. The Morgan fingerprint density at radius 3 is 2.21 bits per heavy atom. The smallest absolute Gasteiger partial charge is 0.252 e. The van der Waals surface area contributed by atoms with Crippen LogP contribution in [0.2, 0.25) is 0 Å². The minimum atomic E-state index is -4.43. The van der Waals surface area contributed by atoms with Crippen LogP contribution in [0.4, 0.5) is 10.1 Å². The van der Waals surface area contributed by atoms with Gasteiger partial charge in [-0.05, 0) is 34.9 Å². The van der Waals surface area contributed by atoms with E-state index in [-0.39, 0.29) is 16.8 Å². The summed E-state index contributed by atoms with van der Waals surface area (Å²) in [6, 6.07) is 15.7. The Balaban J connectivity index is 2.44. The van der Waals surface area contributed by atoms with Crippen molar-refractivity contribution in [1.29, 1.82) is 0 Å². The molecule has 0 atom stereocenters. The third-order valence-electron chi connectivity index (χ3n) is 4.43. The molecule has 29 heavy (non-hydrogen) atoms. The predicted molar refractivity (Wildman–Crippen MR) is 111 cm³/mol. The second-order valence-electron chi connectivity index (χ2n) is 6.35. The summed E-state index contributed by atoms with van der Waals surface area (Å²) in [6.45, 7) is 3.90. The van der Waals surface area contributed by atoms with E-state index in [1.807, 2.05) is 0 Å². The first-order valence-electron chi connectivity index (χ1n) is 8.41. The van der Waals surface area contributed by atoms with Gasteiger partial charge in [-0.15, -0.1) is 0 Å². The Hall–Kier alpha value is -3.49. The van der Waals surface area contributed by atoms with Crippen LogP contribution in [-0.2, 0) is 10.0 Å². The van der Waals surface area contributed by atoms with E-state index < -0.39 is 32.2 Å². The number of carbonyl (C=O) groups excluding carboxylic acids is 1. The molecule has 0 aliphatic carbocycles. The first kappa shape index (κ1) is 20.2. The number of primary sulfonamides is 1. The summed E-state index contributed by atoms with van der Waals surface area (Å²) in [7, 11) is -4.43. The zero-order valence-corrected chi connectivity index (χ0v) is 16.0. The van der Waals surface area contributed by atoms with Crippen molar-refractivity contribution in [2.75, 3.05) is 5.73 Å². The van der Waals surface area contributed by atoms with Crippen LogP contribution >= 0.6 is 0 Å². The SMILES string of the molecule is C=C(c1cccc(F)c1)c1cc(-c2ccccc2)c(N)c(C(N)=O)c1S(N)(=O)=O. The molecule has 0 spiro atoms. The maximum absolute atomic E-state index is 13.7. The summed E-state index contributed by atoms with van der Waals surface area (Å²) >= 11 is 0. The number of rotatable bonds is 5. The number of nitrogens with two attached hydrogens (primary N) is 3. The largest absolute Gasteiger partial charge is 0.398 e. The molecule has 0 radical (unpaired) electrons. The predicted octanol–water partition coefficient (Wildman–Crippen LogP) is 2.88. The molecule has 0 aromatic heterocycles. The van der Waals surface area contributed by atoms with Crippen LogP contribution in [0.1, 0.15) is 21.5 Å². The van der Waals surface area contributed by atoms with Crippen LogP contribution in [0.3, 0.4) is 0 Å². The van der Waals surface area contributed by atoms with E-state index in [0.29, 0.717) is 16.7 Å². The van der Waals surface area contributed by atoms with E-state index in [9.17, 15) is 17.6 Å². The van der Waals surface area contributed by atoms with Gasteiger partial charge in [0.05, 0.1) is 11.3 Å². The van der Waals surface area contributed by atoms with Gasteiger partial charge >= 0.3 is 0 Å². The molecule has 8 heteroatoms. The maximum atomic E-state index is 13.7. The lowest BCUT2D eigenvalue weighted by Gasteiger charge is -2.19. The summed E-state index contributed by atoms with van der Waals surface area (Å²) in [5.41, 5.74) is 12.5. The van der Waals surface area contributed by atoms with E-state index in [1.54, 1.807) is 36.4 Å². The summed E-state index contributed by atoms with van der Waals surface area (Å²) < 4.78 is 38.5. The molecule has 1 amide bonds. The molecule has 0 aliphatic rings. The van der Waals surface area contributed by atoms with Gasteiger partial charge in [-0.25, -0.2) is 17.9 Å². The molecule has 6 nitrogen and oxygen atoms in total. The van der Waals surface area contributed by atoms with E-state index >= 15 is 0 Å². The quantitative estimate of drug-likeness (QED) is 0.557. The Labute approximate surface area is 167 Å². The van der Waals surface area contributed by atoms with Crippen molar-refractivity contribution in [3.63, 3.8) is 0 Å². The first-order valence-corrected chi connectivity index (χ1v) is 9.95. The standard InChI is InChI=1S/C21H18FN3O3S/c1-12(14-8-5-9-15(22)10-14)16-11-17(13-6-3-2-4-7-13)19(23)18(21(24)26)20(16)29(25,27)28/h2-11H,1,23H2,(H2,24,26)(H2,25,27,28). The van der Waals surface area contributed by atoms with E-state index in [0.717, 1.165) is 0 Å². The molecule has 0 saturated carbocycles. The van der Waals surface area contributed by atoms with Crippen molar-refractivity contribution in [3.05, 3.63) is 89.8 Å². The monoisotopic (exact) mass is 411 g/mol. The lowest BCUT2D eigenvalue weighted by molar-refractivity contribution is 0.0998. The van der Waals surface area contributed by atoms with Gasteiger partial charge in [-0.2, -0.15) is 0 Å². The average Bonchev–Trinajstić information content (AvgIpc) is 2.66. The van der Waals surface area contributed by atoms with Crippen molar-refractivity contribution in [2.45, 2.75) is 4.90 Å². The van der Waals surface area contributed by atoms with E-state index in [1.165, 1.54) is 24.3 Å². The van der Waals surface area contributed by atoms with Crippen LogP contribution in [0.25, 0.3) is 16.7 Å². The lowest BCUT2D eigenvalue weighted by Crippen LogP contribution is -2.24. The third kappa shape index (κ3) is 3.89. The Morgan fingerprint density at radius 1 is 1.00 bits per heavy atom. The van der Waals surface area contributed by atoms with Gasteiger partial charge in [0.1, 0.15) is 10.7 Å². The fraction of sp³-hybridized carbons (Fsp3) is 0. The number of anilines is 1. The van der Waals surface area contributed by atoms with Crippen molar-refractivity contribution in [2.24, 2.45) is 10.9 Å². The van der Waals surface area contributed by atoms with Crippen molar-refractivity contribution in [1.82, 2.24) is 0 Å². The molecule has 0 unspecified atom stereocenters. The Morgan fingerprint density at radius 2 is 1.66 bits per heavy atom. The fourth-order valence-electron chi connectivity index (χ4n) is 3.13. The molecule has 0 heterocycles. The third-order valence-corrected chi connectivity index (χ3v) is 5.43. The highest BCUT2D eigenvalue weighted by molar-refractivity contribution is 7.89. The highest BCUT2D eigenvalue weighted by Gasteiger charge is 2.28. The molecule has 0 saturated heterocycles. The molecule has 3 aromatic rings. The molecule has 0 fully saturated rings. The molecule has 3 aromatic carbocycles. The number of sulfonamides is 1. The van der Waals surface area contributed by atoms with Crippen molar-refractivity contribution < 1.29 is 17.6 Å². The number of amides is 1. The van der Waals surface area contributed by atoms with Crippen LogP contribution in [-0.4, -0.2) is 14.3 Å². The van der Waals surface area contributed by atoms with E-state index in [2.05, 4.69) is 6.58 Å². The van der Waals surface area contributed by atoms with Crippen molar-refractivity contribution >= 4 is 27.2 Å². The Kier molecular flexibility index (Phi) is 5.23.